The van der Waals surface area contributed by atoms with Crippen LogP contribution in [0, 0.1) is 0 Å². The Bertz CT molecular complexity index is 397. The number of nitrogens with zero attached hydrogens (tertiary/aromatic N) is 2. The van der Waals surface area contributed by atoms with Crippen LogP contribution >= 0.6 is 11.6 Å². The Labute approximate surface area is 118 Å². The van der Waals surface area contributed by atoms with E-state index in [2.05, 4.69) is 10.4 Å². The molecule has 1 aromatic rings. The largest absolute Gasteiger partial charge is 0.394 e. The van der Waals surface area contributed by atoms with Crippen LogP contribution in [0.1, 0.15) is 25.2 Å². The van der Waals surface area contributed by atoms with Gasteiger partial charge in [0.25, 0.3) is 0 Å². The summed E-state index contributed by atoms with van der Waals surface area (Å²) in [4.78, 5) is 0. The van der Waals surface area contributed by atoms with E-state index in [1.165, 1.54) is 0 Å². The minimum absolute atomic E-state index is 0.321. The second-order valence-electron chi connectivity index (χ2n) is 4.48. The molecule has 1 rings (SSSR count). The average Bonchev–Trinajstić information content (AvgIpc) is 2.77. The molecule has 110 valence electrons. The topological polar surface area (TPSA) is 90.5 Å². The number of aliphatic hydroxyl groups is 3. The average molecular weight is 292 g/mol. The van der Waals surface area contributed by atoms with Gasteiger partial charge in [0, 0.05) is 13.1 Å². The smallest absolute Gasteiger partial charge is 0.0884 e. The van der Waals surface area contributed by atoms with Gasteiger partial charge in [-0.05, 0) is 13.3 Å². The molecule has 4 N–H and O–H groups in total. The predicted octanol–water partition coefficient (Wildman–Crippen LogP) is -0.0759. The van der Waals surface area contributed by atoms with Gasteiger partial charge in [0.1, 0.15) is 0 Å². The summed E-state index contributed by atoms with van der Waals surface area (Å²) >= 11 is 6.26. The molecule has 0 amide bonds. The van der Waals surface area contributed by atoms with E-state index in [0.29, 0.717) is 18.1 Å². The quantitative estimate of drug-likeness (QED) is 0.538. The Morgan fingerprint density at radius 1 is 1.21 bits per heavy atom. The van der Waals surface area contributed by atoms with Crippen molar-refractivity contribution in [3.63, 3.8) is 0 Å². The second-order valence-corrected chi connectivity index (χ2v) is 4.86. The molecule has 0 saturated carbocycles. The first-order valence-electron chi connectivity index (χ1n) is 6.39. The third-order valence-electron chi connectivity index (χ3n) is 3.23. The number of halogens is 1. The van der Waals surface area contributed by atoms with Gasteiger partial charge in [-0.1, -0.05) is 18.5 Å². The number of hydrogen-bond acceptors (Lipinski definition) is 5. The van der Waals surface area contributed by atoms with Crippen LogP contribution in [0.25, 0.3) is 0 Å². The van der Waals surface area contributed by atoms with Crippen molar-refractivity contribution in [2.75, 3.05) is 19.8 Å². The van der Waals surface area contributed by atoms with E-state index in [4.69, 9.17) is 11.6 Å². The van der Waals surface area contributed by atoms with E-state index in [-0.39, 0.29) is 19.8 Å². The van der Waals surface area contributed by atoms with Gasteiger partial charge in [-0.2, -0.15) is 5.10 Å². The van der Waals surface area contributed by atoms with Crippen LogP contribution in [0.3, 0.4) is 0 Å². The van der Waals surface area contributed by atoms with Crippen LogP contribution < -0.4 is 5.32 Å². The predicted molar refractivity (Wildman–Crippen MR) is 73.1 cm³/mol. The summed E-state index contributed by atoms with van der Waals surface area (Å²) in [5.74, 6) is 0. The first-order chi connectivity index (χ1) is 9.07. The highest BCUT2D eigenvalue weighted by Crippen LogP contribution is 2.22. The first-order valence-corrected chi connectivity index (χ1v) is 6.76. The lowest BCUT2D eigenvalue weighted by Crippen LogP contribution is -2.54. The molecule has 0 unspecified atom stereocenters. The molecule has 0 aromatic carbocycles. The third kappa shape index (κ3) is 3.46. The summed E-state index contributed by atoms with van der Waals surface area (Å²) in [6.07, 6.45) is 0.740. The Morgan fingerprint density at radius 2 is 1.79 bits per heavy atom. The second kappa shape index (κ2) is 7.21. The number of aromatic nitrogens is 2. The van der Waals surface area contributed by atoms with Crippen LogP contribution in [-0.4, -0.2) is 50.5 Å². The van der Waals surface area contributed by atoms with Crippen molar-refractivity contribution >= 4 is 11.6 Å². The Balaban J connectivity index is 2.90. The lowest BCUT2D eigenvalue weighted by atomic mass is 10.0. The lowest BCUT2D eigenvalue weighted by molar-refractivity contribution is 0.0409. The molecular weight excluding hydrogens is 270 g/mol. The Kier molecular flexibility index (Phi) is 6.22. The van der Waals surface area contributed by atoms with E-state index >= 15 is 0 Å². The van der Waals surface area contributed by atoms with Crippen molar-refractivity contribution in [3.05, 3.63) is 16.4 Å². The van der Waals surface area contributed by atoms with Crippen LogP contribution in [0.5, 0.6) is 0 Å². The summed E-state index contributed by atoms with van der Waals surface area (Å²) in [6.45, 7) is 3.85. The molecule has 0 aliphatic heterocycles. The molecule has 1 aromatic heterocycles. The van der Waals surface area contributed by atoms with Gasteiger partial charge in [0.05, 0.1) is 41.8 Å². The van der Waals surface area contributed by atoms with Gasteiger partial charge >= 0.3 is 0 Å². The summed E-state index contributed by atoms with van der Waals surface area (Å²) in [7, 11) is 0. The van der Waals surface area contributed by atoms with Gasteiger partial charge < -0.3 is 15.3 Å². The zero-order valence-corrected chi connectivity index (χ0v) is 12.1. The van der Waals surface area contributed by atoms with E-state index in [1.54, 1.807) is 4.68 Å². The van der Waals surface area contributed by atoms with E-state index in [0.717, 1.165) is 17.8 Å². The first kappa shape index (κ1) is 16.4. The van der Waals surface area contributed by atoms with Gasteiger partial charge in [-0.3, -0.25) is 10.00 Å². The normalized spacial score (nSPS) is 12.1. The van der Waals surface area contributed by atoms with Crippen molar-refractivity contribution in [2.45, 2.75) is 38.9 Å². The summed E-state index contributed by atoms with van der Waals surface area (Å²) in [5, 5.41) is 35.7. The van der Waals surface area contributed by atoms with Crippen LogP contribution in [-0.2, 0) is 19.5 Å². The maximum absolute atomic E-state index is 9.26. The van der Waals surface area contributed by atoms with Crippen molar-refractivity contribution in [3.8, 4) is 0 Å². The molecule has 0 radical (unpaired) electrons. The van der Waals surface area contributed by atoms with E-state index in [1.807, 2.05) is 13.8 Å². The molecule has 19 heavy (non-hydrogen) atoms. The standard InChI is InChI=1S/C12H22ClN3O3/c1-3-9-11(13)10(16(4-2)15-9)5-14-12(6-17,7-18)8-19/h14,17-19H,3-8H2,1-2H3. The summed E-state index contributed by atoms with van der Waals surface area (Å²) in [5.41, 5.74) is 0.502. The molecule has 0 spiro atoms. The van der Waals surface area contributed by atoms with Crippen molar-refractivity contribution in [1.82, 2.24) is 15.1 Å². The van der Waals surface area contributed by atoms with Crippen molar-refractivity contribution in [2.24, 2.45) is 0 Å². The minimum Gasteiger partial charge on any atom is -0.394 e. The third-order valence-corrected chi connectivity index (χ3v) is 3.67. The van der Waals surface area contributed by atoms with Crippen LogP contribution in [0.4, 0.5) is 0 Å². The molecule has 0 atom stereocenters. The van der Waals surface area contributed by atoms with Crippen LogP contribution in [0.2, 0.25) is 5.02 Å². The molecule has 0 saturated heterocycles. The molecule has 0 aliphatic rings. The van der Waals surface area contributed by atoms with Gasteiger partial charge in [-0.25, -0.2) is 0 Å². The lowest BCUT2D eigenvalue weighted by Gasteiger charge is -2.28. The number of aliphatic hydroxyl groups excluding tert-OH is 3. The molecule has 7 heteroatoms. The molecule has 0 aliphatic carbocycles. The van der Waals surface area contributed by atoms with Gasteiger partial charge in [0.15, 0.2) is 0 Å². The maximum atomic E-state index is 9.26. The van der Waals surface area contributed by atoms with Crippen LogP contribution in [0.15, 0.2) is 0 Å². The fraction of sp³-hybridized carbons (Fsp3) is 0.750. The zero-order chi connectivity index (χ0) is 14.5. The minimum atomic E-state index is -1.11. The molecule has 0 bridgehead atoms. The molecule has 1 heterocycles. The monoisotopic (exact) mass is 291 g/mol. The number of aryl methyl sites for hydroxylation is 2. The van der Waals surface area contributed by atoms with Gasteiger partial charge in [0.2, 0.25) is 0 Å². The molecule has 0 fully saturated rings. The highest BCUT2D eigenvalue weighted by atomic mass is 35.5. The number of hydrogen-bond donors (Lipinski definition) is 4. The van der Waals surface area contributed by atoms with E-state index < -0.39 is 5.54 Å². The Morgan fingerprint density at radius 3 is 2.21 bits per heavy atom. The number of nitrogens with one attached hydrogen (secondary N) is 1. The highest BCUT2D eigenvalue weighted by molar-refractivity contribution is 6.31. The zero-order valence-electron chi connectivity index (χ0n) is 11.4. The fourth-order valence-electron chi connectivity index (χ4n) is 1.78. The SMILES string of the molecule is CCc1nn(CC)c(CNC(CO)(CO)CO)c1Cl. The maximum Gasteiger partial charge on any atom is 0.0884 e. The van der Waals surface area contributed by atoms with Gasteiger partial charge in [-0.15, -0.1) is 0 Å². The summed E-state index contributed by atoms with van der Waals surface area (Å²) in [6, 6.07) is 0. The summed E-state index contributed by atoms with van der Waals surface area (Å²) < 4.78 is 1.78. The highest BCUT2D eigenvalue weighted by Gasteiger charge is 2.28. The fourth-order valence-corrected chi connectivity index (χ4v) is 2.11. The Hall–Kier alpha value is -0.660. The molecular formula is C12H22ClN3O3. The van der Waals surface area contributed by atoms with Crippen molar-refractivity contribution < 1.29 is 15.3 Å². The number of rotatable bonds is 8. The van der Waals surface area contributed by atoms with E-state index in [9.17, 15) is 15.3 Å². The molecule has 6 nitrogen and oxygen atoms in total. The van der Waals surface area contributed by atoms with Crippen molar-refractivity contribution in [1.29, 1.82) is 0 Å².